The van der Waals surface area contributed by atoms with Gasteiger partial charge in [-0.05, 0) is 56.0 Å². The maximum absolute atomic E-state index is 13.2. The predicted octanol–water partition coefficient (Wildman–Crippen LogP) is 3.21. The lowest BCUT2D eigenvalue weighted by molar-refractivity contribution is 0.172. The molecule has 1 aliphatic carbocycles. The maximum Gasteiger partial charge on any atom is 0.261 e. The number of imidazole rings is 1. The van der Waals surface area contributed by atoms with Gasteiger partial charge >= 0.3 is 0 Å². The van der Waals surface area contributed by atoms with E-state index in [0.717, 1.165) is 72.4 Å². The highest BCUT2D eigenvalue weighted by Gasteiger charge is 2.28. The van der Waals surface area contributed by atoms with Gasteiger partial charge < -0.3 is 30.2 Å². The number of aromatic nitrogens is 3. The number of aliphatic hydroxyl groups is 1. The quantitative estimate of drug-likeness (QED) is 0.370. The third kappa shape index (κ3) is 3.70. The van der Waals surface area contributed by atoms with Crippen molar-refractivity contribution in [1.82, 2.24) is 19.9 Å². The summed E-state index contributed by atoms with van der Waals surface area (Å²) in [6, 6.07) is 8.11. The van der Waals surface area contributed by atoms with Crippen LogP contribution in [0.25, 0.3) is 32.6 Å². The van der Waals surface area contributed by atoms with Gasteiger partial charge in [0.15, 0.2) is 0 Å². The van der Waals surface area contributed by atoms with Crippen molar-refractivity contribution in [1.29, 1.82) is 0 Å². The van der Waals surface area contributed by atoms with Gasteiger partial charge in [-0.15, -0.1) is 11.3 Å². The number of hydrogen-bond acceptors (Lipinski definition) is 7. The molecule has 33 heavy (non-hydrogen) atoms. The molecule has 4 aromatic rings. The fourth-order valence-corrected chi connectivity index (χ4v) is 5.91. The highest BCUT2D eigenvalue weighted by Crippen LogP contribution is 2.36. The summed E-state index contributed by atoms with van der Waals surface area (Å²) in [5, 5.41) is 15.9. The van der Waals surface area contributed by atoms with Crippen molar-refractivity contribution >= 4 is 44.0 Å². The van der Waals surface area contributed by atoms with Crippen molar-refractivity contribution in [3.05, 3.63) is 40.0 Å². The van der Waals surface area contributed by atoms with Gasteiger partial charge in [0, 0.05) is 31.9 Å². The van der Waals surface area contributed by atoms with Gasteiger partial charge in [0.25, 0.3) is 5.56 Å². The molecule has 2 atom stereocenters. The molecule has 1 aromatic carbocycles. The van der Waals surface area contributed by atoms with Gasteiger partial charge in [0.05, 0.1) is 39.1 Å². The first-order chi connectivity index (χ1) is 16.1. The molecule has 1 saturated carbocycles. The van der Waals surface area contributed by atoms with Crippen molar-refractivity contribution in [2.45, 2.75) is 31.4 Å². The monoisotopic (exact) mass is 464 g/mol. The number of benzene rings is 1. The van der Waals surface area contributed by atoms with E-state index < -0.39 is 6.10 Å². The molecule has 0 unspecified atom stereocenters. The van der Waals surface area contributed by atoms with E-state index in [1.54, 1.807) is 11.3 Å². The van der Waals surface area contributed by atoms with Gasteiger partial charge in [-0.25, -0.2) is 4.98 Å². The average molecular weight is 465 g/mol. The van der Waals surface area contributed by atoms with E-state index in [2.05, 4.69) is 44.3 Å². The standard InChI is InChI=1S/C24H28N6O2S/c1-29-8-10-30(11-9-29)14-5-6-15-18(13-14)27-23(26-15)20-21(25-16-3-2-4-19(16)31)22-17(7-12-33-22)28-24(20)32/h5-7,12-13,16,19,31H,2-4,8-11H2,1H3,(H,26,27)(H2,25,28,32)/t16-,19-/m0/s1. The summed E-state index contributed by atoms with van der Waals surface area (Å²) in [6.45, 7) is 4.08. The van der Waals surface area contributed by atoms with E-state index in [0.29, 0.717) is 11.4 Å². The number of hydrogen-bond donors (Lipinski definition) is 4. The smallest absolute Gasteiger partial charge is 0.261 e. The van der Waals surface area contributed by atoms with Crippen molar-refractivity contribution < 1.29 is 5.11 Å². The molecule has 4 N–H and O–H groups in total. The van der Waals surface area contributed by atoms with Crippen LogP contribution in [0.3, 0.4) is 0 Å². The van der Waals surface area contributed by atoms with E-state index in [-0.39, 0.29) is 11.6 Å². The summed E-state index contributed by atoms with van der Waals surface area (Å²) in [6.07, 6.45) is 2.23. The second-order valence-electron chi connectivity index (χ2n) is 9.19. The lowest BCUT2D eigenvalue weighted by Gasteiger charge is -2.34. The summed E-state index contributed by atoms with van der Waals surface area (Å²) in [5.41, 5.74) is 4.79. The van der Waals surface area contributed by atoms with Gasteiger partial charge in [0.1, 0.15) is 11.4 Å². The van der Waals surface area contributed by atoms with Crippen molar-refractivity contribution in [3.63, 3.8) is 0 Å². The Kier molecular flexibility index (Phi) is 5.12. The highest BCUT2D eigenvalue weighted by atomic mass is 32.1. The Morgan fingerprint density at radius 2 is 1.97 bits per heavy atom. The summed E-state index contributed by atoms with van der Waals surface area (Å²) in [5.74, 6) is 0.548. The number of pyridine rings is 1. The summed E-state index contributed by atoms with van der Waals surface area (Å²) in [4.78, 5) is 29.1. The SMILES string of the molecule is CN1CCN(c2ccc3nc(-c4c(N[C@H]5CCC[C@@H]5O)c5sccc5[nH]c4=O)[nH]c3c2)CC1. The van der Waals surface area contributed by atoms with Crippen molar-refractivity contribution in [2.24, 2.45) is 0 Å². The molecule has 0 bridgehead atoms. The number of piperazine rings is 1. The first-order valence-corrected chi connectivity index (χ1v) is 12.5. The van der Waals surface area contributed by atoms with Crippen LogP contribution in [0, 0.1) is 0 Å². The second kappa shape index (κ2) is 8.16. The summed E-state index contributed by atoms with van der Waals surface area (Å²) >= 11 is 1.58. The number of fused-ring (bicyclic) bond motifs is 2. The van der Waals surface area contributed by atoms with Crippen LogP contribution in [0.5, 0.6) is 0 Å². The average Bonchev–Trinajstić information content (AvgIpc) is 3.53. The van der Waals surface area contributed by atoms with Gasteiger partial charge in [-0.3, -0.25) is 4.79 Å². The minimum absolute atomic E-state index is 0.0657. The third-order valence-electron chi connectivity index (χ3n) is 7.00. The van der Waals surface area contributed by atoms with Crippen LogP contribution in [0.1, 0.15) is 19.3 Å². The lowest BCUT2D eigenvalue weighted by Crippen LogP contribution is -2.44. The predicted molar refractivity (Wildman–Crippen MR) is 135 cm³/mol. The largest absolute Gasteiger partial charge is 0.391 e. The number of aliphatic hydroxyl groups excluding tert-OH is 1. The molecule has 4 heterocycles. The number of H-pyrrole nitrogens is 2. The van der Waals surface area contributed by atoms with Crippen LogP contribution in [-0.2, 0) is 0 Å². The summed E-state index contributed by atoms with van der Waals surface area (Å²) in [7, 11) is 2.15. The molecule has 1 aliphatic heterocycles. The zero-order valence-electron chi connectivity index (χ0n) is 18.6. The minimum Gasteiger partial charge on any atom is -0.391 e. The van der Waals surface area contributed by atoms with Gasteiger partial charge in [-0.1, -0.05) is 0 Å². The zero-order chi connectivity index (χ0) is 22.5. The number of nitrogens with one attached hydrogen (secondary N) is 3. The molecule has 0 spiro atoms. The fraction of sp³-hybridized carbons (Fsp3) is 0.417. The first-order valence-electron chi connectivity index (χ1n) is 11.6. The van der Waals surface area contributed by atoms with Crippen LogP contribution in [0.2, 0.25) is 0 Å². The van der Waals surface area contributed by atoms with Crippen molar-refractivity contribution in [3.8, 4) is 11.4 Å². The van der Waals surface area contributed by atoms with E-state index in [1.165, 1.54) is 5.69 Å². The molecular weight excluding hydrogens is 436 g/mol. The molecule has 9 heteroatoms. The van der Waals surface area contributed by atoms with Gasteiger partial charge in [0.2, 0.25) is 0 Å². The van der Waals surface area contributed by atoms with Crippen LogP contribution < -0.4 is 15.8 Å². The Balaban J connectivity index is 1.43. The van der Waals surface area contributed by atoms with E-state index in [1.807, 2.05) is 17.5 Å². The van der Waals surface area contributed by atoms with Crippen LogP contribution in [0.15, 0.2) is 34.4 Å². The number of anilines is 2. The number of nitrogens with zero attached hydrogens (tertiary/aromatic N) is 3. The number of aromatic amines is 2. The van der Waals surface area contributed by atoms with Crippen LogP contribution in [0.4, 0.5) is 11.4 Å². The number of likely N-dealkylation sites (N-methyl/N-ethyl adjacent to an activating group) is 1. The third-order valence-corrected chi connectivity index (χ3v) is 7.93. The molecular formula is C24H28N6O2S. The lowest BCUT2D eigenvalue weighted by atomic mass is 10.1. The molecule has 0 amide bonds. The molecule has 0 radical (unpaired) electrons. The Hall–Kier alpha value is -2.88. The first kappa shape index (κ1) is 20.7. The van der Waals surface area contributed by atoms with Crippen molar-refractivity contribution in [2.75, 3.05) is 43.4 Å². The zero-order valence-corrected chi connectivity index (χ0v) is 19.4. The Morgan fingerprint density at radius 1 is 1.12 bits per heavy atom. The normalized spacial score (nSPS) is 21.9. The Morgan fingerprint density at radius 3 is 2.76 bits per heavy atom. The molecule has 172 valence electrons. The van der Waals surface area contributed by atoms with E-state index >= 15 is 0 Å². The maximum atomic E-state index is 13.2. The topological polar surface area (TPSA) is 100 Å². The van der Waals surface area contributed by atoms with Crippen LogP contribution >= 0.6 is 11.3 Å². The van der Waals surface area contributed by atoms with Crippen LogP contribution in [-0.4, -0.2) is 70.3 Å². The minimum atomic E-state index is -0.408. The Labute approximate surface area is 195 Å². The number of rotatable bonds is 4. The molecule has 6 rings (SSSR count). The number of thiophene rings is 1. The van der Waals surface area contributed by atoms with Gasteiger partial charge in [-0.2, -0.15) is 0 Å². The highest BCUT2D eigenvalue weighted by molar-refractivity contribution is 7.17. The molecule has 8 nitrogen and oxygen atoms in total. The van der Waals surface area contributed by atoms with E-state index in [4.69, 9.17) is 4.98 Å². The Bertz CT molecular complexity index is 1370. The molecule has 3 aromatic heterocycles. The molecule has 2 fully saturated rings. The fourth-order valence-electron chi connectivity index (χ4n) is 5.05. The molecule has 2 aliphatic rings. The van der Waals surface area contributed by atoms with E-state index in [9.17, 15) is 9.90 Å². The second-order valence-corrected chi connectivity index (χ2v) is 10.1. The molecule has 1 saturated heterocycles. The summed E-state index contributed by atoms with van der Waals surface area (Å²) < 4.78 is 0.974.